The van der Waals surface area contributed by atoms with E-state index in [9.17, 15) is 9.59 Å². The minimum atomic E-state index is -0.773. The molecule has 1 aromatic heterocycles. The third-order valence-electron chi connectivity index (χ3n) is 5.23. The summed E-state index contributed by atoms with van der Waals surface area (Å²) in [5.74, 6) is 0.485. The van der Waals surface area contributed by atoms with Gasteiger partial charge in [-0.3, -0.25) is 15.0 Å². The molecule has 0 aromatic carbocycles. The Morgan fingerprint density at radius 2 is 2.04 bits per heavy atom. The minimum absolute atomic E-state index is 0.100. The van der Waals surface area contributed by atoms with E-state index in [1.807, 2.05) is 5.38 Å². The third-order valence-corrected chi connectivity index (χ3v) is 6.01. The van der Waals surface area contributed by atoms with E-state index in [4.69, 9.17) is 5.11 Å². The van der Waals surface area contributed by atoms with Crippen LogP contribution in [0.5, 0.6) is 0 Å². The highest BCUT2D eigenvalue weighted by Crippen LogP contribution is 2.41. The zero-order chi connectivity index (χ0) is 17.4. The van der Waals surface area contributed by atoms with Crippen LogP contribution < -0.4 is 10.6 Å². The molecule has 1 heterocycles. The Balaban J connectivity index is 1.21. The SMILES string of the molecule is O=C(O)CN(CC1CC1)C1CC(NC(=O)Nc2nc(C3CC3)cs2)C1. The quantitative estimate of drug-likeness (QED) is 0.659. The molecule has 0 radical (unpaired) electrons. The molecule has 3 fully saturated rings. The summed E-state index contributed by atoms with van der Waals surface area (Å²) in [4.78, 5) is 29.7. The van der Waals surface area contributed by atoms with Crippen molar-refractivity contribution >= 4 is 28.5 Å². The number of hydrogen-bond donors (Lipinski definition) is 3. The van der Waals surface area contributed by atoms with E-state index >= 15 is 0 Å². The number of amides is 2. The zero-order valence-corrected chi connectivity index (χ0v) is 14.9. The second-order valence-corrected chi connectivity index (χ2v) is 8.40. The lowest BCUT2D eigenvalue weighted by Crippen LogP contribution is -2.55. The largest absolute Gasteiger partial charge is 0.480 e. The Labute approximate surface area is 150 Å². The van der Waals surface area contributed by atoms with Gasteiger partial charge in [0, 0.05) is 29.9 Å². The first kappa shape index (κ1) is 16.8. The summed E-state index contributed by atoms with van der Waals surface area (Å²) < 4.78 is 0. The van der Waals surface area contributed by atoms with Gasteiger partial charge in [0.05, 0.1) is 12.2 Å². The van der Waals surface area contributed by atoms with Crippen molar-refractivity contribution in [3.05, 3.63) is 11.1 Å². The maximum Gasteiger partial charge on any atom is 0.321 e. The summed E-state index contributed by atoms with van der Waals surface area (Å²) in [7, 11) is 0. The van der Waals surface area contributed by atoms with Crippen LogP contribution >= 0.6 is 11.3 Å². The van der Waals surface area contributed by atoms with Crippen molar-refractivity contribution in [2.75, 3.05) is 18.4 Å². The standard InChI is InChI=1S/C17H24N4O3S/c22-15(23)8-21(7-10-1-2-10)13-5-12(6-13)18-16(24)20-17-19-14(9-25-17)11-3-4-11/h9-13H,1-8H2,(H,22,23)(H2,18,19,20,24). The number of aromatic nitrogens is 1. The number of hydrogen-bond acceptors (Lipinski definition) is 5. The van der Waals surface area contributed by atoms with Gasteiger partial charge in [0.1, 0.15) is 0 Å². The van der Waals surface area contributed by atoms with Crippen LogP contribution in [0.2, 0.25) is 0 Å². The third kappa shape index (κ3) is 4.49. The van der Waals surface area contributed by atoms with Gasteiger partial charge in [0.15, 0.2) is 5.13 Å². The Kier molecular flexibility index (Phi) is 4.64. The number of carboxylic acid groups (broad SMARTS) is 1. The molecule has 4 rings (SSSR count). The van der Waals surface area contributed by atoms with Crippen LogP contribution in [-0.4, -0.2) is 52.2 Å². The molecular weight excluding hydrogens is 340 g/mol. The van der Waals surface area contributed by atoms with Gasteiger partial charge < -0.3 is 10.4 Å². The van der Waals surface area contributed by atoms with E-state index in [1.54, 1.807) is 0 Å². The molecule has 0 aliphatic heterocycles. The van der Waals surface area contributed by atoms with E-state index in [1.165, 1.54) is 37.0 Å². The van der Waals surface area contributed by atoms with Crippen LogP contribution in [0, 0.1) is 5.92 Å². The van der Waals surface area contributed by atoms with Gasteiger partial charge in [0.2, 0.25) is 0 Å². The number of aliphatic carboxylic acids is 1. The summed E-state index contributed by atoms with van der Waals surface area (Å²) in [6.45, 7) is 0.974. The van der Waals surface area contributed by atoms with Crippen LogP contribution in [0.4, 0.5) is 9.93 Å². The van der Waals surface area contributed by atoms with E-state index in [2.05, 4.69) is 20.5 Å². The van der Waals surface area contributed by atoms with Crippen LogP contribution in [0.3, 0.4) is 0 Å². The molecule has 0 saturated heterocycles. The molecule has 1 aromatic rings. The van der Waals surface area contributed by atoms with Crippen molar-refractivity contribution in [3.63, 3.8) is 0 Å². The van der Waals surface area contributed by atoms with Crippen molar-refractivity contribution in [1.29, 1.82) is 0 Å². The van der Waals surface area contributed by atoms with Crippen LogP contribution in [0.25, 0.3) is 0 Å². The highest BCUT2D eigenvalue weighted by molar-refractivity contribution is 7.13. The van der Waals surface area contributed by atoms with Crippen molar-refractivity contribution < 1.29 is 14.7 Å². The summed E-state index contributed by atoms with van der Waals surface area (Å²) >= 11 is 1.47. The predicted octanol–water partition coefficient (Wildman–Crippen LogP) is 2.47. The van der Waals surface area contributed by atoms with E-state index in [0.717, 1.165) is 25.1 Å². The molecule has 3 aliphatic rings. The topological polar surface area (TPSA) is 94.6 Å². The Hall–Kier alpha value is -1.67. The average molecular weight is 364 g/mol. The van der Waals surface area contributed by atoms with Crippen LogP contribution in [0.1, 0.15) is 50.1 Å². The Bertz CT molecular complexity index is 650. The second kappa shape index (κ2) is 6.92. The van der Waals surface area contributed by atoms with Gasteiger partial charge >= 0.3 is 12.0 Å². The minimum Gasteiger partial charge on any atom is -0.480 e. The van der Waals surface area contributed by atoms with E-state index in [-0.39, 0.29) is 24.7 Å². The van der Waals surface area contributed by atoms with Crippen molar-refractivity contribution in [1.82, 2.24) is 15.2 Å². The lowest BCUT2D eigenvalue weighted by Gasteiger charge is -2.42. The molecule has 7 nitrogen and oxygen atoms in total. The summed E-state index contributed by atoms with van der Waals surface area (Å²) in [6.07, 6.45) is 6.46. The molecule has 25 heavy (non-hydrogen) atoms. The van der Waals surface area contributed by atoms with Gasteiger partial charge in [-0.05, 0) is 44.4 Å². The average Bonchev–Trinajstić information content (AvgIpc) is 3.43. The highest BCUT2D eigenvalue weighted by Gasteiger charge is 2.37. The maximum absolute atomic E-state index is 12.1. The smallest absolute Gasteiger partial charge is 0.321 e. The fourth-order valence-corrected chi connectivity index (χ4v) is 4.17. The van der Waals surface area contributed by atoms with Gasteiger partial charge in [-0.25, -0.2) is 9.78 Å². The number of carbonyl (C=O) groups is 2. The van der Waals surface area contributed by atoms with Crippen LogP contribution in [0.15, 0.2) is 5.38 Å². The molecule has 3 saturated carbocycles. The first-order valence-corrected chi connectivity index (χ1v) is 9.93. The number of nitrogens with one attached hydrogen (secondary N) is 2. The monoisotopic (exact) mass is 364 g/mol. The molecule has 0 bridgehead atoms. The van der Waals surface area contributed by atoms with Crippen LogP contribution in [-0.2, 0) is 4.79 Å². The van der Waals surface area contributed by atoms with Crippen molar-refractivity contribution in [2.24, 2.45) is 5.92 Å². The first-order valence-electron chi connectivity index (χ1n) is 9.05. The fourth-order valence-electron chi connectivity index (χ4n) is 3.38. The van der Waals surface area contributed by atoms with Crippen molar-refractivity contribution in [3.8, 4) is 0 Å². The molecular formula is C17H24N4O3S. The molecule has 0 spiro atoms. The zero-order valence-electron chi connectivity index (χ0n) is 14.1. The number of nitrogens with zero attached hydrogens (tertiary/aromatic N) is 2. The number of carbonyl (C=O) groups excluding carboxylic acids is 1. The number of carboxylic acids is 1. The number of anilines is 1. The molecule has 0 unspecified atom stereocenters. The predicted molar refractivity (Wildman–Crippen MR) is 95.0 cm³/mol. The molecule has 136 valence electrons. The van der Waals surface area contributed by atoms with Gasteiger partial charge in [-0.1, -0.05) is 0 Å². The number of thiazole rings is 1. The Morgan fingerprint density at radius 3 is 2.68 bits per heavy atom. The first-order chi connectivity index (χ1) is 12.1. The molecule has 3 N–H and O–H groups in total. The lowest BCUT2D eigenvalue weighted by molar-refractivity contribution is -0.139. The fraction of sp³-hybridized carbons (Fsp3) is 0.706. The number of rotatable bonds is 8. The maximum atomic E-state index is 12.1. The summed E-state index contributed by atoms with van der Waals surface area (Å²) in [5, 5.41) is 17.5. The van der Waals surface area contributed by atoms with Gasteiger partial charge in [-0.2, -0.15) is 0 Å². The second-order valence-electron chi connectivity index (χ2n) is 7.54. The summed E-state index contributed by atoms with van der Waals surface area (Å²) in [6, 6.07) is 0.166. The molecule has 2 amide bonds. The van der Waals surface area contributed by atoms with E-state index < -0.39 is 5.97 Å². The summed E-state index contributed by atoms with van der Waals surface area (Å²) in [5.41, 5.74) is 1.09. The molecule has 0 atom stereocenters. The molecule has 8 heteroatoms. The normalized spacial score (nSPS) is 25.5. The van der Waals surface area contributed by atoms with Gasteiger partial charge in [0.25, 0.3) is 0 Å². The lowest BCUT2D eigenvalue weighted by atomic mass is 9.85. The van der Waals surface area contributed by atoms with Crippen molar-refractivity contribution in [2.45, 2.75) is 56.5 Å². The molecule has 3 aliphatic carbocycles. The Morgan fingerprint density at radius 1 is 1.28 bits per heavy atom. The number of urea groups is 1. The van der Waals surface area contributed by atoms with Gasteiger partial charge in [-0.15, -0.1) is 11.3 Å². The van der Waals surface area contributed by atoms with E-state index in [0.29, 0.717) is 17.0 Å². The highest BCUT2D eigenvalue weighted by atomic mass is 32.1.